The first-order valence-electron chi connectivity index (χ1n) is 4.53. The second-order valence-electron chi connectivity index (χ2n) is 3.86. The fraction of sp³-hybridized carbons (Fsp3) is 0.778. The predicted octanol–water partition coefficient (Wildman–Crippen LogP) is 1.95. The van der Waals surface area contributed by atoms with Gasteiger partial charge in [-0.15, -0.1) is 0 Å². The molecule has 0 saturated heterocycles. The summed E-state index contributed by atoms with van der Waals surface area (Å²) in [6.07, 6.45) is 1.99. The topological polar surface area (TPSA) is 36.9 Å². The highest BCUT2D eigenvalue weighted by Gasteiger charge is 2.19. The van der Waals surface area contributed by atoms with Gasteiger partial charge in [0, 0.05) is 0 Å². The van der Waals surface area contributed by atoms with E-state index >= 15 is 0 Å². The van der Waals surface area contributed by atoms with Crippen LogP contribution in [0, 0.1) is 0 Å². The summed E-state index contributed by atoms with van der Waals surface area (Å²) in [7, 11) is 1.65. The van der Waals surface area contributed by atoms with Gasteiger partial charge in [-0.2, -0.15) is 0 Å². The zero-order valence-corrected chi connectivity index (χ0v) is 10.6. The second kappa shape index (κ2) is 7.14. The van der Waals surface area contributed by atoms with E-state index in [1.54, 1.807) is 0 Å². The van der Waals surface area contributed by atoms with Crippen LogP contribution < -0.4 is 0 Å². The van der Waals surface area contributed by atoms with Crippen LogP contribution in [-0.2, 0) is 19.6 Å². The Bertz CT molecular complexity index is 174. The van der Waals surface area contributed by atoms with Gasteiger partial charge in [-0.05, 0) is 0 Å². The van der Waals surface area contributed by atoms with E-state index < -0.39 is 8.07 Å². The molecule has 0 aliphatic heterocycles. The van der Waals surface area contributed by atoms with Crippen molar-refractivity contribution in [3.8, 4) is 0 Å². The van der Waals surface area contributed by atoms with E-state index in [0.29, 0.717) is 13.2 Å². The molecule has 0 aliphatic carbocycles. The third-order valence-electron chi connectivity index (χ3n) is 1.81. The molecule has 0 atom stereocenters. The van der Waals surface area contributed by atoms with Crippen LogP contribution in [0.1, 0.15) is 0 Å². The summed E-state index contributed by atoms with van der Waals surface area (Å²) in [5.74, 6) is 0. The monoisotopic (exact) mass is 220 g/mol. The molecule has 14 heavy (non-hydrogen) atoms. The largest absolute Gasteiger partial charge is 0.240 e. The predicted molar refractivity (Wildman–Crippen MR) is 57.4 cm³/mol. The average molecular weight is 220 g/mol. The molecular formula is C9H20O4Si. The lowest BCUT2D eigenvalue weighted by Crippen LogP contribution is -2.27. The minimum Gasteiger partial charge on any atom is -0.240 e. The van der Waals surface area contributed by atoms with Crippen LogP contribution in [0.3, 0.4) is 0 Å². The second-order valence-corrected chi connectivity index (χ2v) is 9.00. The Morgan fingerprint density at radius 2 is 1.64 bits per heavy atom. The van der Waals surface area contributed by atoms with Crippen molar-refractivity contribution in [2.45, 2.75) is 19.6 Å². The fourth-order valence-electron chi connectivity index (χ4n) is 0.907. The van der Waals surface area contributed by atoms with Crippen LogP contribution in [0.25, 0.3) is 0 Å². The molecule has 0 aliphatic rings. The molecule has 4 nitrogen and oxygen atoms in total. The van der Waals surface area contributed by atoms with E-state index in [0.717, 1.165) is 0 Å². The van der Waals surface area contributed by atoms with E-state index in [9.17, 15) is 0 Å². The van der Waals surface area contributed by atoms with Crippen LogP contribution in [0.5, 0.6) is 0 Å². The lowest BCUT2D eigenvalue weighted by molar-refractivity contribution is -0.267. The van der Waals surface area contributed by atoms with E-state index in [1.807, 2.05) is 6.08 Å². The highest BCUT2D eigenvalue weighted by atomic mass is 28.3. The Balaban J connectivity index is 4.16. The smallest absolute Gasteiger partial charge is 0.100 e. The molecule has 0 aromatic heterocycles. The first-order valence-corrected chi connectivity index (χ1v) is 8.03. The van der Waals surface area contributed by atoms with Crippen molar-refractivity contribution >= 4 is 8.07 Å². The molecule has 5 heteroatoms. The quantitative estimate of drug-likeness (QED) is 0.284. The Morgan fingerprint density at radius 1 is 1.07 bits per heavy atom. The van der Waals surface area contributed by atoms with Gasteiger partial charge in [0.2, 0.25) is 0 Å². The molecule has 0 aromatic carbocycles. The van der Waals surface area contributed by atoms with Gasteiger partial charge in [0.15, 0.2) is 0 Å². The van der Waals surface area contributed by atoms with Crippen molar-refractivity contribution in [2.75, 3.05) is 27.4 Å². The third kappa shape index (κ3) is 6.28. The Hall–Kier alpha value is -0.203. The Kier molecular flexibility index (Phi) is 7.03. The summed E-state index contributed by atoms with van der Waals surface area (Å²) >= 11 is 0. The van der Waals surface area contributed by atoms with Gasteiger partial charge >= 0.3 is 0 Å². The molecule has 0 aromatic rings. The Morgan fingerprint density at radius 3 is 2.07 bits per heavy atom. The van der Waals surface area contributed by atoms with E-state index in [1.165, 1.54) is 19.4 Å². The van der Waals surface area contributed by atoms with E-state index in [-0.39, 0.29) is 0 Å². The standard InChI is InChI=1S/C9H20O4Si/c1-10-12-7-6-9(8-13-11-2)14(3,4)5/h6H,7-8H2,1-5H3/b9-6+. The van der Waals surface area contributed by atoms with Crippen LogP contribution in [0.2, 0.25) is 19.6 Å². The lowest BCUT2D eigenvalue weighted by Gasteiger charge is -2.20. The zero-order valence-electron chi connectivity index (χ0n) is 9.62. The van der Waals surface area contributed by atoms with Gasteiger partial charge in [-0.25, -0.2) is 19.6 Å². The summed E-state index contributed by atoms with van der Waals surface area (Å²) in [6.45, 7) is 7.67. The number of rotatable bonds is 7. The van der Waals surface area contributed by atoms with Crippen molar-refractivity contribution in [1.29, 1.82) is 0 Å². The molecule has 0 bridgehead atoms. The van der Waals surface area contributed by atoms with Crippen molar-refractivity contribution in [1.82, 2.24) is 0 Å². The van der Waals surface area contributed by atoms with Crippen LogP contribution >= 0.6 is 0 Å². The van der Waals surface area contributed by atoms with Crippen LogP contribution in [0.15, 0.2) is 11.3 Å². The van der Waals surface area contributed by atoms with Gasteiger partial charge in [-0.3, -0.25) is 0 Å². The third-order valence-corrected chi connectivity index (χ3v) is 4.09. The van der Waals surface area contributed by atoms with Crippen LogP contribution in [0.4, 0.5) is 0 Å². The summed E-state index contributed by atoms with van der Waals surface area (Å²) in [4.78, 5) is 18.8. The maximum absolute atomic E-state index is 4.92. The SMILES string of the molecule is COOC/C=C(\COOC)[Si](C)(C)C. The first kappa shape index (κ1) is 13.8. The summed E-state index contributed by atoms with van der Waals surface area (Å²) < 4.78 is 0. The van der Waals surface area contributed by atoms with Gasteiger partial charge in [0.1, 0.15) is 6.61 Å². The Labute approximate surface area is 86.7 Å². The molecule has 0 radical (unpaired) electrons. The molecule has 0 rings (SSSR count). The first-order chi connectivity index (χ1) is 6.52. The van der Waals surface area contributed by atoms with Gasteiger partial charge in [0.25, 0.3) is 0 Å². The average Bonchev–Trinajstić information content (AvgIpc) is 2.09. The molecule has 0 fully saturated rings. The van der Waals surface area contributed by atoms with Gasteiger partial charge in [-0.1, -0.05) is 30.9 Å². The lowest BCUT2D eigenvalue weighted by atomic mass is 10.5. The summed E-state index contributed by atoms with van der Waals surface area (Å²) in [5.41, 5.74) is 0. The zero-order chi connectivity index (χ0) is 11.0. The van der Waals surface area contributed by atoms with Crippen molar-refractivity contribution in [2.24, 2.45) is 0 Å². The molecule has 0 amide bonds. The maximum Gasteiger partial charge on any atom is 0.100 e. The normalized spacial score (nSPS) is 13.4. The van der Waals surface area contributed by atoms with Gasteiger partial charge in [0.05, 0.1) is 28.9 Å². The van der Waals surface area contributed by atoms with E-state index in [4.69, 9.17) is 9.78 Å². The van der Waals surface area contributed by atoms with E-state index in [2.05, 4.69) is 29.4 Å². The number of hydrogen-bond donors (Lipinski definition) is 0. The van der Waals surface area contributed by atoms with Crippen molar-refractivity contribution in [3.63, 3.8) is 0 Å². The molecular weight excluding hydrogens is 200 g/mol. The van der Waals surface area contributed by atoms with Crippen molar-refractivity contribution < 1.29 is 19.6 Å². The minimum atomic E-state index is -1.35. The fourth-order valence-corrected chi connectivity index (χ4v) is 2.09. The molecule has 84 valence electrons. The molecule has 0 saturated carbocycles. The summed E-state index contributed by atoms with van der Waals surface area (Å²) in [5, 5.41) is 1.25. The van der Waals surface area contributed by atoms with Crippen molar-refractivity contribution in [3.05, 3.63) is 11.3 Å². The highest BCUT2D eigenvalue weighted by Crippen LogP contribution is 2.14. The molecule has 0 heterocycles. The highest BCUT2D eigenvalue weighted by molar-refractivity contribution is 6.83. The van der Waals surface area contributed by atoms with Crippen LogP contribution in [-0.4, -0.2) is 35.5 Å². The molecule has 0 N–H and O–H groups in total. The number of hydrogen-bond acceptors (Lipinski definition) is 4. The minimum absolute atomic E-state index is 0.448. The molecule has 0 unspecified atom stereocenters. The maximum atomic E-state index is 4.92. The summed E-state index contributed by atoms with van der Waals surface area (Å²) in [6, 6.07) is 0. The van der Waals surface area contributed by atoms with Gasteiger partial charge < -0.3 is 0 Å². The molecule has 0 spiro atoms.